The van der Waals surface area contributed by atoms with Gasteiger partial charge in [0.05, 0.1) is 10.8 Å². The van der Waals surface area contributed by atoms with E-state index in [4.69, 9.17) is 5.73 Å². The third-order valence-electron chi connectivity index (χ3n) is 1.52. The summed E-state index contributed by atoms with van der Waals surface area (Å²) in [6.45, 7) is 1.93. The molecule has 0 heterocycles. The first-order valence-corrected chi connectivity index (χ1v) is 4.86. The second-order valence-corrected chi connectivity index (χ2v) is 3.83. The van der Waals surface area contributed by atoms with Gasteiger partial charge in [-0.2, -0.15) is 0 Å². The van der Waals surface area contributed by atoms with Crippen LogP contribution in [0.5, 0.6) is 0 Å². The Labute approximate surface area is 68.9 Å². The van der Waals surface area contributed by atoms with Gasteiger partial charge in [0.25, 0.3) is 0 Å². The molecule has 0 radical (unpaired) electrons. The van der Waals surface area contributed by atoms with Crippen LogP contribution in [-0.4, -0.2) is 10.5 Å². The third-order valence-corrected chi connectivity index (χ3v) is 2.58. The molecule has 1 aromatic carbocycles. The van der Waals surface area contributed by atoms with E-state index >= 15 is 0 Å². The van der Waals surface area contributed by atoms with Gasteiger partial charge in [-0.15, -0.1) is 0 Å². The molecule has 1 rings (SSSR count). The SMILES string of the molecule is Cc1ccc(N)cc1S(C)=O. The smallest absolute Gasteiger partial charge is 0.0501 e. The van der Waals surface area contributed by atoms with Crippen molar-refractivity contribution in [3.8, 4) is 0 Å². The lowest BCUT2D eigenvalue weighted by Gasteiger charge is -2.02. The van der Waals surface area contributed by atoms with Crippen molar-refractivity contribution >= 4 is 16.5 Å². The Morgan fingerprint density at radius 2 is 2.09 bits per heavy atom. The zero-order valence-corrected chi connectivity index (χ0v) is 7.44. The molecule has 11 heavy (non-hydrogen) atoms. The lowest BCUT2D eigenvalue weighted by atomic mass is 10.2. The van der Waals surface area contributed by atoms with Crippen molar-refractivity contribution in [3.05, 3.63) is 23.8 Å². The van der Waals surface area contributed by atoms with Gasteiger partial charge in [-0.3, -0.25) is 4.21 Å². The Balaban J connectivity index is 3.23. The summed E-state index contributed by atoms with van der Waals surface area (Å²) in [5.74, 6) is 0. The summed E-state index contributed by atoms with van der Waals surface area (Å²) in [6, 6.07) is 5.45. The second-order valence-electron chi connectivity index (χ2n) is 2.48. The highest BCUT2D eigenvalue weighted by Crippen LogP contribution is 2.15. The number of hydrogen-bond acceptors (Lipinski definition) is 2. The Hall–Kier alpha value is -0.830. The number of benzene rings is 1. The standard InChI is InChI=1S/C8H11NOS/c1-6-3-4-7(9)5-8(6)11(2)10/h3-5H,9H2,1-2H3. The summed E-state index contributed by atoms with van der Waals surface area (Å²) >= 11 is 0. The molecule has 0 aliphatic carbocycles. The number of nitrogens with two attached hydrogens (primary N) is 1. The van der Waals surface area contributed by atoms with E-state index in [0.29, 0.717) is 5.69 Å². The fourth-order valence-electron chi connectivity index (χ4n) is 0.926. The molecule has 0 bridgehead atoms. The zero-order valence-electron chi connectivity index (χ0n) is 6.63. The highest BCUT2D eigenvalue weighted by Gasteiger charge is 2.01. The van der Waals surface area contributed by atoms with Gasteiger partial charge in [0.1, 0.15) is 0 Å². The van der Waals surface area contributed by atoms with Gasteiger partial charge in [0, 0.05) is 16.8 Å². The molecular formula is C8H11NOS. The van der Waals surface area contributed by atoms with Crippen LogP contribution in [0.3, 0.4) is 0 Å². The highest BCUT2D eigenvalue weighted by atomic mass is 32.2. The Morgan fingerprint density at radius 1 is 1.45 bits per heavy atom. The van der Waals surface area contributed by atoms with E-state index in [1.807, 2.05) is 19.1 Å². The summed E-state index contributed by atoms with van der Waals surface area (Å²) in [7, 11) is -0.931. The first-order valence-electron chi connectivity index (χ1n) is 3.31. The van der Waals surface area contributed by atoms with Gasteiger partial charge in [0.15, 0.2) is 0 Å². The first kappa shape index (κ1) is 8.27. The van der Waals surface area contributed by atoms with Crippen molar-refractivity contribution in [1.29, 1.82) is 0 Å². The van der Waals surface area contributed by atoms with Crippen LogP contribution in [0.1, 0.15) is 5.56 Å². The lowest BCUT2D eigenvalue weighted by molar-refractivity contribution is 0.686. The minimum Gasteiger partial charge on any atom is -0.399 e. The van der Waals surface area contributed by atoms with Gasteiger partial charge in [-0.1, -0.05) is 6.07 Å². The third kappa shape index (κ3) is 1.80. The molecule has 0 fully saturated rings. The van der Waals surface area contributed by atoms with Gasteiger partial charge in [0.2, 0.25) is 0 Å². The Kier molecular flexibility index (Phi) is 2.29. The summed E-state index contributed by atoms with van der Waals surface area (Å²) in [5.41, 5.74) is 7.23. The van der Waals surface area contributed by atoms with E-state index in [0.717, 1.165) is 10.5 Å². The topological polar surface area (TPSA) is 43.1 Å². The average Bonchev–Trinajstić information content (AvgIpc) is 1.94. The molecule has 1 aromatic rings. The summed E-state index contributed by atoms with van der Waals surface area (Å²) in [5, 5.41) is 0. The van der Waals surface area contributed by atoms with Crippen molar-refractivity contribution in [2.75, 3.05) is 12.0 Å². The van der Waals surface area contributed by atoms with E-state index in [1.54, 1.807) is 12.3 Å². The Bertz CT molecular complexity index is 296. The molecular weight excluding hydrogens is 158 g/mol. The molecule has 0 saturated carbocycles. The van der Waals surface area contributed by atoms with Crippen LogP contribution < -0.4 is 5.73 Å². The number of nitrogen functional groups attached to an aromatic ring is 1. The molecule has 1 atom stereocenters. The van der Waals surface area contributed by atoms with Crippen molar-refractivity contribution in [3.63, 3.8) is 0 Å². The molecule has 60 valence electrons. The first-order chi connectivity index (χ1) is 5.11. The molecule has 3 heteroatoms. The minimum absolute atomic E-state index is 0.667. The van der Waals surface area contributed by atoms with Crippen molar-refractivity contribution < 1.29 is 4.21 Å². The lowest BCUT2D eigenvalue weighted by Crippen LogP contribution is -1.94. The molecule has 2 nitrogen and oxygen atoms in total. The second kappa shape index (κ2) is 3.05. The number of anilines is 1. The fraction of sp³-hybridized carbons (Fsp3) is 0.250. The van der Waals surface area contributed by atoms with Gasteiger partial charge in [-0.25, -0.2) is 0 Å². The van der Waals surface area contributed by atoms with Gasteiger partial charge >= 0.3 is 0 Å². The summed E-state index contributed by atoms with van der Waals surface area (Å²) in [6.07, 6.45) is 1.65. The molecule has 0 saturated heterocycles. The molecule has 0 aliphatic rings. The predicted molar refractivity (Wildman–Crippen MR) is 47.9 cm³/mol. The maximum atomic E-state index is 11.1. The average molecular weight is 169 g/mol. The van der Waals surface area contributed by atoms with Crippen molar-refractivity contribution in [2.24, 2.45) is 0 Å². The summed E-state index contributed by atoms with van der Waals surface area (Å²) < 4.78 is 11.1. The molecule has 1 unspecified atom stereocenters. The van der Waals surface area contributed by atoms with Gasteiger partial charge < -0.3 is 5.73 Å². The fourth-order valence-corrected chi connectivity index (χ4v) is 1.75. The van der Waals surface area contributed by atoms with Crippen LogP contribution in [0.2, 0.25) is 0 Å². The van der Waals surface area contributed by atoms with E-state index in [-0.39, 0.29) is 0 Å². The largest absolute Gasteiger partial charge is 0.399 e. The maximum Gasteiger partial charge on any atom is 0.0501 e. The number of hydrogen-bond donors (Lipinski definition) is 1. The van der Waals surface area contributed by atoms with Crippen LogP contribution in [-0.2, 0) is 10.8 Å². The number of aryl methyl sites for hydroxylation is 1. The highest BCUT2D eigenvalue weighted by molar-refractivity contribution is 7.84. The van der Waals surface area contributed by atoms with E-state index in [1.165, 1.54) is 0 Å². The maximum absolute atomic E-state index is 11.1. The van der Waals surface area contributed by atoms with Gasteiger partial charge in [-0.05, 0) is 24.6 Å². The minimum atomic E-state index is -0.931. The summed E-state index contributed by atoms with van der Waals surface area (Å²) in [4.78, 5) is 0.824. The quantitative estimate of drug-likeness (QED) is 0.644. The van der Waals surface area contributed by atoms with Crippen LogP contribution in [0.4, 0.5) is 5.69 Å². The van der Waals surface area contributed by atoms with E-state index < -0.39 is 10.8 Å². The van der Waals surface area contributed by atoms with Crippen molar-refractivity contribution in [1.82, 2.24) is 0 Å². The van der Waals surface area contributed by atoms with Crippen LogP contribution in [0.15, 0.2) is 23.1 Å². The van der Waals surface area contributed by atoms with E-state index in [9.17, 15) is 4.21 Å². The van der Waals surface area contributed by atoms with E-state index in [2.05, 4.69) is 0 Å². The van der Waals surface area contributed by atoms with Crippen molar-refractivity contribution in [2.45, 2.75) is 11.8 Å². The molecule has 0 amide bonds. The molecule has 0 spiro atoms. The molecule has 0 aliphatic heterocycles. The van der Waals surface area contributed by atoms with Crippen LogP contribution in [0.25, 0.3) is 0 Å². The molecule has 0 aromatic heterocycles. The number of rotatable bonds is 1. The predicted octanol–water partition coefficient (Wildman–Crippen LogP) is 1.31. The molecule has 2 N–H and O–H groups in total. The zero-order chi connectivity index (χ0) is 8.43. The van der Waals surface area contributed by atoms with Crippen LogP contribution >= 0.6 is 0 Å². The monoisotopic (exact) mass is 169 g/mol. The van der Waals surface area contributed by atoms with Crippen LogP contribution in [0, 0.1) is 6.92 Å². The Morgan fingerprint density at radius 3 is 2.55 bits per heavy atom. The normalized spacial score (nSPS) is 12.9.